The first-order valence-electron chi connectivity index (χ1n) is 8.96. The van der Waals surface area contributed by atoms with Gasteiger partial charge in [0.2, 0.25) is 0 Å². The molecule has 2 amide bonds. The smallest absolute Gasteiger partial charge is 0.343 e. The summed E-state index contributed by atoms with van der Waals surface area (Å²) in [6.45, 7) is 1.27. The summed E-state index contributed by atoms with van der Waals surface area (Å²) in [7, 11) is 0. The van der Waals surface area contributed by atoms with Gasteiger partial charge in [-0.15, -0.1) is 0 Å². The second-order valence-electron chi connectivity index (χ2n) is 6.15. The van der Waals surface area contributed by atoms with E-state index in [-0.39, 0.29) is 22.8 Å². The maximum absolute atomic E-state index is 12.6. The van der Waals surface area contributed by atoms with E-state index in [1.54, 1.807) is 19.1 Å². The highest BCUT2D eigenvalue weighted by Gasteiger charge is 2.36. The van der Waals surface area contributed by atoms with Gasteiger partial charge < -0.3 is 9.47 Å². The number of ether oxygens (including phenoxy) is 2. The monoisotopic (exact) mass is 479 g/mol. The molecule has 0 radical (unpaired) electrons. The van der Waals surface area contributed by atoms with Gasteiger partial charge in [-0.1, -0.05) is 23.2 Å². The van der Waals surface area contributed by atoms with Crippen molar-refractivity contribution in [2.75, 3.05) is 13.2 Å². The van der Waals surface area contributed by atoms with Crippen molar-refractivity contribution in [2.24, 2.45) is 0 Å². The second-order valence-corrected chi connectivity index (χ2v) is 8.02. The van der Waals surface area contributed by atoms with Crippen LogP contribution in [0.25, 0.3) is 6.08 Å². The number of amides is 2. The highest BCUT2D eigenvalue weighted by atomic mass is 35.5. The number of nitrogens with zero attached hydrogens (tertiary/aromatic N) is 1. The Kier molecular flexibility index (Phi) is 7.37. The van der Waals surface area contributed by atoms with Gasteiger partial charge in [0.25, 0.3) is 11.1 Å². The van der Waals surface area contributed by atoms with Crippen LogP contribution in [0.2, 0.25) is 10.0 Å². The average molecular weight is 480 g/mol. The fourth-order valence-electron chi connectivity index (χ4n) is 2.58. The number of benzene rings is 2. The third-order valence-corrected chi connectivity index (χ3v) is 5.40. The van der Waals surface area contributed by atoms with Crippen LogP contribution in [0.5, 0.6) is 5.75 Å². The molecule has 31 heavy (non-hydrogen) atoms. The van der Waals surface area contributed by atoms with Crippen molar-refractivity contribution in [1.29, 1.82) is 0 Å². The standard InChI is InChI=1S/C21H15Cl2NO6S/c1-2-29-18(25)11-24-19(26)17(31-21(24)28)10-13-9-15(23)7-8-16(13)30-20(27)12-3-5-14(22)6-4-12/h3-10H,2,11H2,1H3/b17-10-. The summed E-state index contributed by atoms with van der Waals surface area (Å²) < 4.78 is 10.2. The molecule has 2 aromatic rings. The number of hydrogen-bond acceptors (Lipinski definition) is 7. The molecular weight excluding hydrogens is 465 g/mol. The predicted octanol–water partition coefficient (Wildman–Crippen LogP) is 4.81. The van der Waals surface area contributed by atoms with Crippen molar-refractivity contribution in [3.05, 3.63) is 68.5 Å². The lowest BCUT2D eigenvalue weighted by Gasteiger charge is -2.11. The Balaban J connectivity index is 1.85. The van der Waals surface area contributed by atoms with E-state index >= 15 is 0 Å². The first kappa shape index (κ1) is 22.9. The SMILES string of the molecule is CCOC(=O)CN1C(=O)S/C(=C\c2cc(Cl)ccc2OC(=O)c2ccc(Cl)cc2)C1=O. The fraction of sp³-hybridized carbons (Fsp3) is 0.143. The minimum absolute atomic E-state index is 0.0559. The molecule has 0 saturated carbocycles. The topological polar surface area (TPSA) is 90.0 Å². The maximum Gasteiger partial charge on any atom is 0.343 e. The van der Waals surface area contributed by atoms with Crippen LogP contribution in [0.15, 0.2) is 47.4 Å². The molecule has 0 aliphatic carbocycles. The Labute approximate surface area is 191 Å². The lowest BCUT2D eigenvalue weighted by atomic mass is 10.1. The molecule has 0 unspecified atom stereocenters. The van der Waals surface area contributed by atoms with Crippen LogP contribution < -0.4 is 4.74 Å². The summed E-state index contributed by atoms with van der Waals surface area (Å²) in [4.78, 5) is 49.7. The van der Waals surface area contributed by atoms with Gasteiger partial charge >= 0.3 is 11.9 Å². The van der Waals surface area contributed by atoms with Crippen LogP contribution in [-0.4, -0.2) is 41.1 Å². The van der Waals surface area contributed by atoms with E-state index in [0.717, 1.165) is 4.90 Å². The summed E-state index contributed by atoms with van der Waals surface area (Å²) in [6.07, 6.45) is 1.38. The summed E-state index contributed by atoms with van der Waals surface area (Å²) in [5.41, 5.74) is 0.594. The molecule has 7 nitrogen and oxygen atoms in total. The zero-order chi connectivity index (χ0) is 22.5. The van der Waals surface area contributed by atoms with Gasteiger partial charge in [-0.3, -0.25) is 19.3 Å². The molecule has 0 N–H and O–H groups in total. The summed E-state index contributed by atoms with van der Waals surface area (Å²) in [5, 5.41) is 0.205. The van der Waals surface area contributed by atoms with E-state index in [4.69, 9.17) is 32.7 Å². The lowest BCUT2D eigenvalue weighted by molar-refractivity contribution is -0.145. The van der Waals surface area contributed by atoms with Gasteiger partial charge in [0, 0.05) is 15.6 Å². The third kappa shape index (κ3) is 5.66. The molecule has 1 aliphatic heterocycles. The van der Waals surface area contributed by atoms with Crippen LogP contribution in [0.3, 0.4) is 0 Å². The zero-order valence-electron chi connectivity index (χ0n) is 16.1. The first-order valence-corrected chi connectivity index (χ1v) is 10.5. The summed E-state index contributed by atoms with van der Waals surface area (Å²) in [5.74, 6) is -1.84. The van der Waals surface area contributed by atoms with E-state index in [9.17, 15) is 19.2 Å². The fourth-order valence-corrected chi connectivity index (χ4v) is 3.72. The van der Waals surface area contributed by atoms with Gasteiger partial charge in [-0.05, 0) is 67.2 Å². The number of hydrogen-bond donors (Lipinski definition) is 0. The van der Waals surface area contributed by atoms with Crippen LogP contribution in [-0.2, 0) is 14.3 Å². The van der Waals surface area contributed by atoms with Crippen molar-refractivity contribution >= 4 is 64.1 Å². The molecular formula is C21H15Cl2NO6S. The molecule has 3 rings (SSSR count). The first-order chi connectivity index (χ1) is 14.8. The molecule has 1 fully saturated rings. The van der Waals surface area contributed by atoms with Gasteiger partial charge in [0.15, 0.2) is 0 Å². The highest BCUT2D eigenvalue weighted by molar-refractivity contribution is 8.18. The summed E-state index contributed by atoms with van der Waals surface area (Å²) >= 11 is 12.5. The molecule has 2 aromatic carbocycles. The molecule has 10 heteroatoms. The molecule has 0 bridgehead atoms. The Bertz CT molecular complexity index is 1080. The van der Waals surface area contributed by atoms with E-state index in [2.05, 4.69) is 0 Å². The van der Waals surface area contributed by atoms with Crippen LogP contribution in [0.4, 0.5) is 4.79 Å². The van der Waals surface area contributed by atoms with Gasteiger partial charge in [-0.25, -0.2) is 4.79 Å². The quantitative estimate of drug-likeness (QED) is 0.333. The van der Waals surface area contributed by atoms with Crippen LogP contribution in [0, 0.1) is 0 Å². The van der Waals surface area contributed by atoms with Crippen molar-refractivity contribution in [3.63, 3.8) is 0 Å². The number of carbonyl (C=O) groups is 4. The van der Waals surface area contributed by atoms with Gasteiger partial charge in [0.05, 0.1) is 17.1 Å². The number of halogens is 2. The van der Waals surface area contributed by atoms with E-state index in [0.29, 0.717) is 27.4 Å². The van der Waals surface area contributed by atoms with Crippen LogP contribution >= 0.6 is 35.0 Å². The molecule has 0 spiro atoms. The van der Waals surface area contributed by atoms with Gasteiger partial charge in [0.1, 0.15) is 12.3 Å². The van der Waals surface area contributed by atoms with Crippen molar-refractivity contribution < 1.29 is 28.7 Å². The second kappa shape index (κ2) is 10.00. The Morgan fingerprint density at radius 3 is 2.42 bits per heavy atom. The van der Waals surface area contributed by atoms with Gasteiger partial charge in [-0.2, -0.15) is 0 Å². The molecule has 0 aromatic heterocycles. The van der Waals surface area contributed by atoms with Crippen molar-refractivity contribution in [3.8, 4) is 5.75 Å². The predicted molar refractivity (Wildman–Crippen MR) is 117 cm³/mol. The largest absolute Gasteiger partial charge is 0.465 e. The number of thioether (sulfide) groups is 1. The molecule has 1 saturated heterocycles. The van der Waals surface area contributed by atoms with Crippen LogP contribution in [0.1, 0.15) is 22.8 Å². The van der Waals surface area contributed by atoms with Crippen molar-refractivity contribution in [1.82, 2.24) is 4.90 Å². The minimum atomic E-state index is -0.689. The molecule has 0 atom stereocenters. The normalized spacial score (nSPS) is 14.8. The Hall–Kier alpha value is -2.81. The molecule has 1 heterocycles. The van der Waals surface area contributed by atoms with Crippen molar-refractivity contribution in [2.45, 2.75) is 6.92 Å². The number of rotatable bonds is 6. The third-order valence-electron chi connectivity index (χ3n) is 4.01. The average Bonchev–Trinajstić information content (AvgIpc) is 2.98. The lowest BCUT2D eigenvalue weighted by Crippen LogP contribution is -2.34. The molecule has 160 valence electrons. The maximum atomic E-state index is 12.6. The number of imide groups is 1. The Morgan fingerprint density at radius 2 is 1.74 bits per heavy atom. The number of carbonyl (C=O) groups excluding carboxylic acids is 4. The summed E-state index contributed by atoms with van der Waals surface area (Å²) in [6, 6.07) is 10.6. The van der Waals surface area contributed by atoms with E-state index < -0.39 is 29.6 Å². The minimum Gasteiger partial charge on any atom is -0.465 e. The number of esters is 2. The zero-order valence-corrected chi connectivity index (χ0v) is 18.4. The highest BCUT2D eigenvalue weighted by Crippen LogP contribution is 2.35. The molecule has 1 aliphatic rings. The Morgan fingerprint density at radius 1 is 1.06 bits per heavy atom. The van der Waals surface area contributed by atoms with E-state index in [1.165, 1.54) is 36.4 Å². The van der Waals surface area contributed by atoms with E-state index in [1.807, 2.05) is 0 Å².